The number of phenols is 1. The van der Waals surface area contributed by atoms with Crippen LogP contribution in [0.5, 0.6) is 17.2 Å². The number of carboxylic acid groups (broad SMARTS) is 1. The quantitative estimate of drug-likeness (QED) is 0.147. The molecule has 0 saturated heterocycles. The summed E-state index contributed by atoms with van der Waals surface area (Å²) >= 11 is 0. The fourth-order valence-corrected chi connectivity index (χ4v) is 3.80. The number of carboxylic acids is 1. The number of aromatic hydroxyl groups is 1. The van der Waals surface area contributed by atoms with Crippen LogP contribution < -0.4 is 14.9 Å². The molecule has 1 aromatic heterocycles. The number of aryl methyl sites for hydroxylation is 1. The molecular weight excluding hydrogens is 498 g/mol. The van der Waals surface area contributed by atoms with Crippen LogP contribution in [-0.2, 0) is 6.42 Å². The Morgan fingerprint density at radius 1 is 0.919 bits per heavy atom. The summed E-state index contributed by atoms with van der Waals surface area (Å²) in [7, 11) is 0. The second-order valence-corrected chi connectivity index (χ2v) is 8.04. The molecule has 0 spiro atoms. The molecule has 1 heterocycles. The molecule has 0 aliphatic rings. The van der Waals surface area contributed by atoms with Gasteiger partial charge in [0.05, 0.1) is 35.1 Å². The first-order chi connectivity index (χ1) is 16.8. The van der Waals surface area contributed by atoms with Crippen LogP contribution in [0.1, 0.15) is 46.5 Å². The van der Waals surface area contributed by atoms with Gasteiger partial charge in [-0.3, -0.25) is 9.59 Å². The zero-order chi connectivity index (χ0) is 25.1. The summed E-state index contributed by atoms with van der Waals surface area (Å²) in [5.41, 5.74) is 1.45. The Morgan fingerprint density at radius 3 is 2.32 bits per heavy atom. The van der Waals surface area contributed by atoms with E-state index in [0.717, 1.165) is 5.56 Å². The van der Waals surface area contributed by atoms with E-state index in [0.29, 0.717) is 54.1 Å². The molecule has 37 heavy (non-hydrogen) atoms. The molecule has 4 rings (SSSR count). The molecule has 0 unspecified atom stereocenters. The van der Waals surface area contributed by atoms with Crippen molar-refractivity contribution in [3.05, 3.63) is 75.4 Å². The zero-order valence-electron chi connectivity index (χ0n) is 19.3. The van der Waals surface area contributed by atoms with Crippen LogP contribution in [0, 0.1) is 0 Å². The van der Waals surface area contributed by atoms with Crippen molar-refractivity contribution < 1.29 is 33.7 Å². The third kappa shape index (κ3) is 6.96. The van der Waals surface area contributed by atoms with E-state index in [1.54, 1.807) is 24.3 Å². The number of Topliss-reactive ketones (excluding diaryl/α,β-unsaturated/α-hetero) is 1. The summed E-state index contributed by atoms with van der Waals surface area (Å²) in [5, 5.41) is 19.8. The van der Waals surface area contributed by atoms with Crippen LogP contribution in [0.15, 0.2) is 57.7 Å². The Kier molecular flexibility index (Phi) is 11.2. The maximum atomic E-state index is 12.8. The molecule has 10 heteroatoms. The third-order valence-electron chi connectivity index (χ3n) is 5.64. The van der Waals surface area contributed by atoms with Crippen molar-refractivity contribution in [1.29, 1.82) is 0 Å². The molecule has 0 atom stereocenters. The SMILES string of the molecule is CCc1cc(C(C)=O)c(O)cc1OCCCOc1ccc2c(=O)c3cc(C(=O)O)ccc3oc2c1.[NaH].[NaH]. The number of hydrogen-bond donors (Lipinski definition) is 2. The van der Waals surface area contributed by atoms with E-state index >= 15 is 0 Å². The molecule has 3 aromatic carbocycles. The minimum atomic E-state index is -1.12. The summed E-state index contributed by atoms with van der Waals surface area (Å²) in [6.45, 7) is 4.02. The Morgan fingerprint density at radius 2 is 1.65 bits per heavy atom. The number of hydrogen-bond acceptors (Lipinski definition) is 7. The topological polar surface area (TPSA) is 123 Å². The van der Waals surface area contributed by atoms with Crippen LogP contribution >= 0.6 is 0 Å². The Balaban J connectivity index is 0.00000241. The van der Waals surface area contributed by atoms with Crippen molar-refractivity contribution in [3.63, 3.8) is 0 Å². The molecule has 184 valence electrons. The molecule has 0 amide bonds. The average molecular weight is 524 g/mol. The second kappa shape index (κ2) is 13.5. The van der Waals surface area contributed by atoms with E-state index in [1.165, 1.54) is 31.2 Å². The number of ether oxygens (including phenoxy) is 2. The number of fused-ring (bicyclic) bond motifs is 2. The van der Waals surface area contributed by atoms with Crippen molar-refractivity contribution >= 4 is 92.8 Å². The van der Waals surface area contributed by atoms with Crippen LogP contribution in [0.2, 0.25) is 0 Å². The first kappa shape index (κ1) is 30.9. The number of rotatable bonds is 9. The first-order valence-corrected chi connectivity index (χ1v) is 11.1. The van der Waals surface area contributed by atoms with Gasteiger partial charge in [0.1, 0.15) is 28.4 Å². The van der Waals surface area contributed by atoms with E-state index in [2.05, 4.69) is 0 Å². The van der Waals surface area contributed by atoms with Crippen LogP contribution in [0.25, 0.3) is 21.9 Å². The molecule has 2 N–H and O–H groups in total. The summed E-state index contributed by atoms with van der Waals surface area (Å²) < 4.78 is 17.4. The molecule has 0 fully saturated rings. The number of phenolic OH excluding ortho intramolecular Hbond substituents is 1. The summed E-state index contributed by atoms with van der Waals surface area (Å²) in [6, 6.07) is 12.1. The second-order valence-electron chi connectivity index (χ2n) is 8.04. The van der Waals surface area contributed by atoms with Gasteiger partial charge in [-0.05, 0) is 55.3 Å². The molecule has 0 aliphatic carbocycles. The molecule has 4 aromatic rings. The number of carbonyl (C=O) groups is 2. The van der Waals surface area contributed by atoms with Gasteiger partial charge in [-0.25, -0.2) is 4.79 Å². The Hall–Kier alpha value is -2.33. The van der Waals surface area contributed by atoms with Crippen molar-refractivity contribution in [1.82, 2.24) is 0 Å². The van der Waals surface area contributed by atoms with Crippen molar-refractivity contribution in [2.75, 3.05) is 13.2 Å². The van der Waals surface area contributed by atoms with Gasteiger partial charge in [0.15, 0.2) is 5.78 Å². The van der Waals surface area contributed by atoms with Gasteiger partial charge in [-0.15, -0.1) is 0 Å². The summed E-state index contributed by atoms with van der Waals surface area (Å²) in [6.07, 6.45) is 1.21. The fraction of sp³-hybridized carbons (Fsp3) is 0.222. The predicted molar refractivity (Wildman–Crippen MR) is 144 cm³/mol. The number of benzene rings is 3. The monoisotopic (exact) mass is 524 g/mol. The number of carbonyl (C=O) groups excluding carboxylic acids is 1. The van der Waals surface area contributed by atoms with E-state index in [4.69, 9.17) is 19.0 Å². The van der Waals surface area contributed by atoms with Gasteiger partial charge in [0.25, 0.3) is 0 Å². The van der Waals surface area contributed by atoms with Gasteiger partial charge in [0.2, 0.25) is 5.43 Å². The predicted octanol–water partition coefficient (Wildman–Crippen LogP) is 3.67. The van der Waals surface area contributed by atoms with E-state index in [-0.39, 0.29) is 92.6 Å². The molecule has 0 radical (unpaired) electrons. The molecule has 0 aliphatic heterocycles. The molecule has 8 nitrogen and oxygen atoms in total. The van der Waals surface area contributed by atoms with E-state index in [1.807, 2.05) is 6.92 Å². The Labute approximate surface area is 257 Å². The normalized spacial score (nSPS) is 10.4. The summed E-state index contributed by atoms with van der Waals surface area (Å²) in [4.78, 5) is 35.6. The summed E-state index contributed by atoms with van der Waals surface area (Å²) in [5.74, 6) is -0.387. The number of ketones is 1. The zero-order valence-corrected chi connectivity index (χ0v) is 19.3. The van der Waals surface area contributed by atoms with Gasteiger partial charge in [0, 0.05) is 18.6 Å². The minimum absolute atomic E-state index is 0. The first-order valence-electron chi connectivity index (χ1n) is 11.1. The molecular formula is C27H26Na2O8. The van der Waals surface area contributed by atoms with Crippen LogP contribution in [-0.4, -0.2) is 94.3 Å². The standard InChI is InChI=1S/C27H24O8.2Na.2H/c1-3-16-11-20(15(2)28)22(29)14-24(16)34-10-4-9-33-18-6-7-19-25(13-18)35-23-8-5-17(27(31)32)12-21(23)26(19)30;;;;/h5-8,11-14,29H,3-4,9-10H2,1-2H3,(H,31,32);;;;. The Bertz CT molecular complexity index is 1510. The van der Waals surface area contributed by atoms with Crippen LogP contribution in [0.3, 0.4) is 0 Å². The molecule has 0 bridgehead atoms. The third-order valence-corrected chi connectivity index (χ3v) is 5.64. The van der Waals surface area contributed by atoms with Gasteiger partial charge in [-0.2, -0.15) is 0 Å². The average Bonchev–Trinajstić information content (AvgIpc) is 2.83. The maximum absolute atomic E-state index is 12.8. The van der Waals surface area contributed by atoms with Gasteiger partial charge >= 0.3 is 65.1 Å². The van der Waals surface area contributed by atoms with Crippen molar-refractivity contribution in [3.8, 4) is 17.2 Å². The van der Waals surface area contributed by atoms with Crippen LogP contribution in [0.4, 0.5) is 0 Å². The molecule has 0 saturated carbocycles. The van der Waals surface area contributed by atoms with Gasteiger partial charge in [-0.1, -0.05) is 6.92 Å². The van der Waals surface area contributed by atoms with Gasteiger partial charge < -0.3 is 24.1 Å². The fourth-order valence-electron chi connectivity index (χ4n) is 3.80. The van der Waals surface area contributed by atoms with Crippen molar-refractivity contribution in [2.45, 2.75) is 26.7 Å². The van der Waals surface area contributed by atoms with E-state index in [9.17, 15) is 19.5 Å². The van der Waals surface area contributed by atoms with E-state index < -0.39 is 5.97 Å². The number of aromatic carboxylic acids is 1. The van der Waals surface area contributed by atoms with Crippen molar-refractivity contribution in [2.24, 2.45) is 0 Å².